The van der Waals surface area contributed by atoms with Crippen LogP contribution in [0.15, 0.2) is 18.6 Å². The first-order valence-electron chi connectivity index (χ1n) is 3.65. The maximum absolute atomic E-state index is 11.1. The summed E-state index contributed by atoms with van der Waals surface area (Å²) in [6, 6.07) is 0. The summed E-state index contributed by atoms with van der Waals surface area (Å²) in [7, 11) is 0. The maximum Gasteiger partial charge on any atom is 0.363 e. The third-order valence-corrected chi connectivity index (χ3v) is 1.63. The zero-order valence-corrected chi connectivity index (χ0v) is 6.80. The van der Waals surface area contributed by atoms with Gasteiger partial charge in [0.1, 0.15) is 12.1 Å². The number of carbonyl (C=O) groups is 2. The minimum absolute atomic E-state index is 0.0295. The number of fused-ring (bicyclic) bond motifs is 1. The molecule has 0 aliphatic carbocycles. The summed E-state index contributed by atoms with van der Waals surface area (Å²) < 4.78 is 4.68. The van der Waals surface area contributed by atoms with Crippen molar-refractivity contribution in [3.63, 3.8) is 0 Å². The largest absolute Gasteiger partial charge is 0.478 e. The molecule has 6 heteroatoms. The van der Waals surface area contributed by atoms with Gasteiger partial charge in [-0.2, -0.15) is 0 Å². The second-order valence-corrected chi connectivity index (χ2v) is 2.52. The molecule has 0 atom stereocenters. The first kappa shape index (κ1) is 8.36. The van der Waals surface area contributed by atoms with Crippen LogP contribution in [0.5, 0.6) is 0 Å². The molecular weight excluding hydrogens is 188 g/mol. The number of carboxylic acids is 1. The van der Waals surface area contributed by atoms with E-state index in [0.717, 1.165) is 6.08 Å². The van der Waals surface area contributed by atoms with Gasteiger partial charge in [-0.25, -0.2) is 19.6 Å². The van der Waals surface area contributed by atoms with Crippen LogP contribution in [0.4, 0.5) is 0 Å². The first-order chi connectivity index (χ1) is 6.68. The standard InChI is InChI=1S/C8H4N2O4/c11-6(12)1-5-4-2-9-3-10-7(4)8(13)14-5/h1-3H,(H,11,12)/b5-1-. The Morgan fingerprint density at radius 3 is 3.07 bits per heavy atom. The summed E-state index contributed by atoms with van der Waals surface area (Å²) >= 11 is 0. The van der Waals surface area contributed by atoms with Gasteiger partial charge in [-0.1, -0.05) is 0 Å². The third-order valence-electron chi connectivity index (χ3n) is 1.63. The number of cyclic esters (lactones) is 1. The third kappa shape index (κ3) is 1.22. The number of carbonyl (C=O) groups excluding carboxylic acids is 1. The van der Waals surface area contributed by atoms with Crippen LogP contribution in [-0.4, -0.2) is 27.0 Å². The van der Waals surface area contributed by atoms with Crippen LogP contribution >= 0.6 is 0 Å². The number of ether oxygens (including phenoxy) is 1. The molecule has 14 heavy (non-hydrogen) atoms. The predicted octanol–water partition coefficient (Wildman–Crippen LogP) is 0.0725. The summed E-state index contributed by atoms with van der Waals surface area (Å²) in [5.41, 5.74) is 0.396. The molecule has 1 aliphatic rings. The number of rotatable bonds is 1. The number of hydrogen-bond donors (Lipinski definition) is 1. The van der Waals surface area contributed by atoms with Crippen LogP contribution in [0.25, 0.3) is 5.76 Å². The highest BCUT2D eigenvalue weighted by Crippen LogP contribution is 2.26. The van der Waals surface area contributed by atoms with Crippen molar-refractivity contribution >= 4 is 17.7 Å². The minimum atomic E-state index is -1.19. The van der Waals surface area contributed by atoms with E-state index in [4.69, 9.17) is 5.11 Å². The molecule has 0 bridgehead atoms. The lowest BCUT2D eigenvalue weighted by Gasteiger charge is -1.93. The van der Waals surface area contributed by atoms with Gasteiger partial charge in [0, 0.05) is 6.20 Å². The molecular formula is C8H4N2O4. The van der Waals surface area contributed by atoms with Gasteiger partial charge in [0.2, 0.25) is 0 Å². The molecule has 0 amide bonds. The second kappa shape index (κ2) is 2.91. The topological polar surface area (TPSA) is 89.4 Å². The van der Waals surface area contributed by atoms with Crippen LogP contribution in [0.1, 0.15) is 16.1 Å². The predicted molar refractivity (Wildman–Crippen MR) is 43.1 cm³/mol. The van der Waals surface area contributed by atoms with Gasteiger partial charge in [-0.3, -0.25) is 0 Å². The van der Waals surface area contributed by atoms with Gasteiger partial charge in [-0.05, 0) is 0 Å². The number of aromatic nitrogens is 2. The van der Waals surface area contributed by atoms with Crippen molar-refractivity contribution in [2.75, 3.05) is 0 Å². The van der Waals surface area contributed by atoms with Crippen molar-refractivity contribution in [2.45, 2.75) is 0 Å². The highest BCUT2D eigenvalue weighted by atomic mass is 16.5. The van der Waals surface area contributed by atoms with Gasteiger partial charge >= 0.3 is 11.9 Å². The number of esters is 1. The van der Waals surface area contributed by atoms with Gasteiger partial charge in [-0.15, -0.1) is 0 Å². The smallest absolute Gasteiger partial charge is 0.363 e. The lowest BCUT2D eigenvalue weighted by atomic mass is 10.2. The highest BCUT2D eigenvalue weighted by molar-refractivity contribution is 6.04. The fraction of sp³-hybridized carbons (Fsp3) is 0. The van der Waals surface area contributed by atoms with E-state index in [1.54, 1.807) is 0 Å². The Labute approximate surface area is 77.9 Å². The summed E-state index contributed by atoms with van der Waals surface area (Å²) in [4.78, 5) is 28.8. The molecule has 1 aromatic rings. The van der Waals surface area contributed by atoms with E-state index in [1.807, 2.05) is 0 Å². The number of carboxylic acid groups (broad SMARTS) is 1. The van der Waals surface area contributed by atoms with Crippen molar-refractivity contribution in [3.8, 4) is 0 Å². The lowest BCUT2D eigenvalue weighted by molar-refractivity contribution is -0.131. The van der Waals surface area contributed by atoms with Crippen molar-refractivity contribution in [1.82, 2.24) is 9.97 Å². The van der Waals surface area contributed by atoms with Crippen molar-refractivity contribution in [2.24, 2.45) is 0 Å². The van der Waals surface area contributed by atoms with E-state index in [1.165, 1.54) is 12.5 Å². The van der Waals surface area contributed by atoms with Crippen LogP contribution in [-0.2, 0) is 9.53 Å². The Kier molecular flexibility index (Phi) is 1.74. The zero-order valence-electron chi connectivity index (χ0n) is 6.80. The molecule has 0 fully saturated rings. The fourth-order valence-electron chi connectivity index (χ4n) is 1.10. The van der Waals surface area contributed by atoms with Gasteiger partial charge in [0.05, 0.1) is 11.6 Å². The SMILES string of the molecule is O=C(O)/C=C1\OC(=O)c2ncncc21. The normalized spacial score (nSPS) is 16.6. The molecule has 2 heterocycles. The second-order valence-electron chi connectivity index (χ2n) is 2.52. The Bertz CT molecular complexity index is 452. The number of nitrogens with zero attached hydrogens (tertiary/aromatic N) is 2. The molecule has 1 aromatic heterocycles. The zero-order chi connectivity index (χ0) is 10.1. The average Bonchev–Trinajstić information content (AvgIpc) is 2.44. The Morgan fingerprint density at radius 2 is 2.36 bits per heavy atom. The number of hydrogen-bond acceptors (Lipinski definition) is 5. The number of aliphatic carboxylic acids is 1. The van der Waals surface area contributed by atoms with E-state index in [9.17, 15) is 9.59 Å². The van der Waals surface area contributed by atoms with Gasteiger partial charge < -0.3 is 9.84 Å². The molecule has 0 radical (unpaired) electrons. The van der Waals surface area contributed by atoms with Crippen molar-refractivity contribution in [3.05, 3.63) is 29.9 Å². The van der Waals surface area contributed by atoms with Crippen LogP contribution in [0.3, 0.4) is 0 Å². The molecule has 0 saturated carbocycles. The molecule has 0 unspecified atom stereocenters. The fourth-order valence-corrected chi connectivity index (χ4v) is 1.10. The van der Waals surface area contributed by atoms with Crippen molar-refractivity contribution < 1.29 is 19.4 Å². The van der Waals surface area contributed by atoms with Gasteiger partial charge in [0.15, 0.2) is 5.69 Å². The molecule has 6 nitrogen and oxygen atoms in total. The molecule has 2 rings (SSSR count). The summed E-state index contributed by atoms with van der Waals surface area (Å²) in [5.74, 6) is -1.88. The molecule has 70 valence electrons. The van der Waals surface area contributed by atoms with E-state index in [2.05, 4.69) is 14.7 Å². The van der Waals surface area contributed by atoms with E-state index in [0.29, 0.717) is 5.56 Å². The van der Waals surface area contributed by atoms with Crippen LogP contribution in [0.2, 0.25) is 0 Å². The van der Waals surface area contributed by atoms with E-state index < -0.39 is 11.9 Å². The highest BCUT2D eigenvalue weighted by Gasteiger charge is 2.28. The Hall–Kier alpha value is -2.24. The van der Waals surface area contributed by atoms with E-state index in [-0.39, 0.29) is 11.5 Å². The Balaban J connectivity index is 2.54. The molecule has 0 aromatic carbocycles. The Morgan fingerprint density at radius 1 is 1.57 bits per heavy atom. The molecule has 0 spiro atoms. The molecule has 0 saturated heterocycles. The first-order valence-corrected chi connectivity index (χ1v) is 3.65. The molecule has 1 aliphatic heterocycles. The quantitative estimate of drug-likeness (QED) is 0.500. The molecule has 1 N–H and O–H groups in total. The lowest BCUT2D eigenvalue weighted by Crippen LogP contribution is -1.96. The monoisotopic (exact) mass is 192 g/mol. The summed E-state index contributed by atoms with van der Waals surface area (Å²) in [6.07, 6.45) is 3.33. The average molecular weight is 192 g/mol. The minimum Gasteiger partial charge on any atom is -0.478 e. The van der Waals surface area contributed by atoms with Crippen molar-refractivity contribution in [1.29, 1.82) is 0 Å². The maximum atomic E-state index is 11.1. The van der Waals surface area contributed by atoms with E-state index >= 15 is 0 Å². The van der Waals surface area contributed by atoms with Gasteiger partial charge in [0.25, 0.3) is 0 Å². The summed E-state index contributed by atoms with van der Waals surface area (Å²) in [5, 5.41) is 8.48. The summed E-state index contributed by atoms with van der Waals surface area (Å²) in [6.45, 7) is 0. The van der Waals surface area contributed by atoms with Crippen LogP contribution < -0.4 is 0 Å². The van der Waals surface area contributed by atoms with Crippen LogP contribution in [0, 0.1) is 0 Å².